The van der Waals surface area contributed by atoms with Gasteiger partial charge in [0.05, 0.1) is 12.2 Å². The molecule has 3 aromatic carbocycles. The third kappa shape index (κ3) is 5.88. The number of fused-ring (bicyclic) bond motifs is 1. The second-order valence-corrected chi connectivity index (χ2v) is 10.8. The van der Waals surface area contributed by atoms with E-state index in [1.165, 1.54) is 5.57 Å². The van der Waals surface area contributed by atoms with Gasteiger partial charge in [-0.3, -0.25) is 9.29 Å². The number of alkyl halides is 1. The number of hydrogen-bond donors (Lipinski definition) is 1. The van der Waals surface area contributed by atoms with Crippen LogP contribution in [0.25, 0.3) is 17.2 Å². The van der Waals surface area contributed by atoms with Crippen LogP contribution >= 0.6 is 23.2 Å². The molecule has 1 heterocycles. The Bertz CT molecular complexity index is 1410. The van der Waals surface area contributed by atoms with E-state index >= 15 is 0 Å². The number of aromatic carboxylic acids is 1. The second kappa shape index (κ2) is 11.9. The van der Waals surface area contributed by atoms with Crippen LogP contribution in [0.3, 0.4) is 0 Å². The van der Waals surface area contributed by atoms with E-state index < -0.39 is 5.97 Å². The number of carbonyl (C=O) groups is 1. The predicted molar refractivity (Wildman–Crippen MR) is 155 cm³/mol. The summed E-state index contributed by atoms with van der Waals surface area (Å²) in [6, 6.07) is 19.6. The van der Waals surface area contributed by atoms with E-state index in [0.717, 1.165) is 84.3 Å². The summed E-state index contributed by atoms with van der Waals surface area (Å²) in [4.78, 5) is 14.0. The van der Waals surface area contributed by atoms with Crippen molar-refractivity contribution < 1.29 is 14.3 Å². The third-order valence-electron chi connectivity index (χ3n) is 7.41. The van der Waals surface area contributed by atoms with Gasteiger partial charge < -0.3 is 5.11 Å². The molecule has 1 aliphatic heterocycles. The molecule has 3 nitrogen and oxygen atoms in total. The first kappa shape index (κ1) is 26.7. The number of benzene rings is 3. The van der Waals surface area contributed by atoms with E-state index in [1.54, 1.807) is 18.2 Å². The first-order valence-electron chi connectivity index (χ1n) is 13.1. The molecule has 196 valence electrons. The molecule has 1 N–H and O–H groups in total. The molecule has 38 heavy (non-hydrogen) atoms. The Hall–Kier alpha value is -2.92. The molecular weight excluding hydrogens is 520 g/mol. The second-order valence-electron chi connectivity index (χ2n) is 10.0. The van der Waals surface area contributed by atoms with Crippen molar-refractivity contribution in [3.63, 3.8) is 0 Å². The minimum Gasteiger partial charge on any atom is -0.478 e. The minimum atomic E-state index is -0.920. The average Bonchev–Trinajstić information content (AvgIpc) is 3.26. The van der Waals surface area contributed by atoms with E-state index in [9.17, 15) is 14.3 Å². The fourth-order valence-corrected chi connectivity index (χ4v) is 6.10. The molecule has 6 heteroatoms. The quantitative estimate of drug-likeness (QED) is 0.321. The lowest BCUT2D eigenvalue weighted by Gasteiger charge is -2.18. The average molecular weight is 551 g/mol. The van der Waals surface area contributed by atoms with Gasteiger partial charge in [0.15, 0.2) is 0 Å². The Morgan fingerprint density at radius 3 is 2.50 bits per heavy atom. The molecule has 5 rings (SSSR count). The molecule has 0 aromatic heterocycles. The maximum Gasteiger partial charge on any atom is 0.335 e. The molecule has 0 radical (unpaired) electrons. The Morgan fingerprint density at radius 1 is 0.974 bits per heavy atom. The lowest BCUT2D eigenvalue weighted by Crippen LogP contribution is -2.20. The van der Waals surface area contributed by atoms with Crippen LogP contribution in [0, 0.1) is 0 Å². The lowest BCUT2D eigenvalue weighted by molar-refractivity contribution is 0.0696. The molecule has 1 saturated heterocycles. The monoisotopic (exact) mass is 549 g/mol. The Kier molecular flexibility index (Phi) is 8.32. The van der Waals surface area contributed by atoms with Gasteiger partial charge >= 0.3 is 5.97 Å². The van der Waals surface area contributed by atoms with Gasteiger partial charge in [0.2, 0.25) is 0 Å². The van der Waals surface area contributed by atoms with Crippen molar-refractivity contribution in [2.24, 2.45) is 0 Å². The number of carboxylic acids is 1. The maximum atomic E-state index is 12.5. The van der Waals surface area contributed by atoms with Gasteiger partial charge in [-0.25, -0.2) is 4.79 Å². The normalized spacial score (nSPS) is 17.1. The van der Waals surface area contributed by atoms with Gasteiger partial charge in [-0.1, -0.05) is 71.2 Å². The molecule has 0 spiro atoms. The molecule has 0 saturated carbocycles. The number of carboxylic acid groups (broad SMARTS) is 1. The largest absolute Gasteiger partial charge is 0.478 e. The summed E-state index contributed by atoms with van der Waals surface area (Å²) in [7, 11) is 0. The molecular formula is C32H30Cl2FNO2. The molecule has 1 fully saturated rings. The lowest BCUT2D eigenvalue weighted by atomic mass is 9.87. The first-order valence-corrected chi connectivity index (χ1v) is 13.8. The first-order chi connectivity index (χ1) is 18.4. The smallest absolute Gasteiger partial charge is 0.335 e. The van der Waals surface area contributed by atoms with Crippen molar-refractivity contribution in [3.05, 3.63) is 110 Å². The van der Waals surface area contributed by atoms with Crippen molar-refractivity contribution in [1.82, 2.24) is 4.90 Å². The van der Waals surface area contributed by atoms with Gasteiger partial charge in [-0.2, -0.15) is 0 Å². The van der Waals surface area contributed by atoms with Crippen molar-refractivity contribution in [1.29, 1.82) is 0 Å². The van der Waals surface area contributed by atoms with Crippen LogP contribution in [-0.4, -0.2) is 42.3 Å². The van der Waals surface area contributed by atoms with Crippen LogP contribution in [0.2, 0.25) is 10.0 Å². The highest BCUT2D eigenvalue weighted by atomic mass is 35.5. The van der Waals surface area contributed by atoms with E-state index in [2.05, 4.69) is 35.2 Å². The topological polar surface area (TPSA) is 40.5 Å². The number of likely N-dealkylation sites (tertiary alicyclic amines) is 1. The molecule has 0 bridgehead atoms. The van der Waals surface area contributed by atoms with Crippen LogP contribution in [0.5, 0.6) is 0 Å². The molecule has 2 aliphatic rings. The van der Waals surface area contributed by atoms with Crippen LogP contribution < -0.4 is 0 Å². The van der Waals surface area contributed by atoms with Crippen LogP contribution in [0.1, 0.15) is 63.9 Å². The zero-order valence-electron chi connectivity index (χ0n) is 21.2. The fraction of sp³-hybridized carbons (Fsp3) is 0.281. The Balaban J connectivity index is 1.56. The number of halogens is 3. The highest BCUT2D eigenvalue weighted by molar-refractivity contribution is 6.36. The summed E-state index contributed by atoms with van der Waals surface area (Å²) in [6.45, 7) is 2.42. The van der Waals surface area contributed by atoms with Gasteiger partial charge in [-0.05, 0) is 95.3 Å². The number of hydrogen-bond acceptors (Lipinski definition) is 2. The summed E-state index contributed by atoms with van der Waals surface area (Å²) in [5, 5.41) is 10.8. The number of allylic oxidation sites excluding steroid dienone is 1. The number of rotatable bonds is 7. The maximum absolute atomic E-state index is 12.5. The summed E-state index contributed by atoms with van der Waals surface area (Å²) >= 11 is 12.9. The summed E-state index contributed by atoms with van der Waals surface area (Å²) in [6.07, 6.45) is 6.33. The van der Waals surface area contributed by atoms with Gasteiger partial charge in [0.25, 0.3) is 0 Å². The van der Waals surface area contributed by atoms with Crippen molar-refractivity contribution >= 4 is 46.4 Å². The molecule has 3 aromatic rings. The highest BCUT2D eigenvalue weighted by Crippen LogP contribution is 2.42. The zero-order chi connectivity index (χ0) is 26.6. The predicted octanol–water partition coefficient (Wildman–Crippen LogP) is 8.44. The van der Waals surface area contributed by atoms with E-state index in [-0.39, 0.29) is 6.67 Å². The van der Waals surface area contributed by atoms with E-state index in [4.69, 9.17) is 23.2 Å². The summed E-state index contributed by atoms with van der Waals surface area (Å²) in [5.41, 5.74) is 9.11. The molecule has 0 atom stereocenters. The summed E-state index contributed by atoms with van der Waals surface area (Å²) in [5.74, 6) is -0.920. The number of nitrogens with zero attached hydrogens (tertiary/aromatic N) is 1. The Labute approximate surface area is 233 Å². The van der Waals surface area contributed by atoms with Crippen molar-refractivity contribution in [2.45, 2.75) is 32.1 Å². The summed E-state index contributed by atoms with van der Waals surface area (Å²) < 4.78 is 12.5. The number of aryl methyl sites for hydroxylation is 1. The van der Waals surface area contributed by atoms with Crippen molar-refractivity contribution in [2.75, 3.05) is 26.3 Å². The van der Waals surface area contributed by atoms with Crippen molar-refractivity contribution in [3.8, 4) is 0 Å². The molecule has 0 amide bonds. The van der Waals surface area contributed by atoms with Crippen LogP contribution in [0.4, 0.5) is 4.39 Å². The zero-order valence-corrected chi connectivity index (χ0v) is 22.7. The van der Waals surface area contributed by atoms with Gasteiger partial charge in [0.1, 0.15) is 0 Å². The SMILES string of the molecule is O=C(O)c1ccc2c(c1)CCCC(c1ccc(Cl)cc1Cl)=C2c1ccc(C=C2CCN(CCCF)C2)cc1. The molecule has 1 aliphatic carbocycles. The fourth-order valence-electron chi connectivity index (χ4n) is 5.57. The van der Waals surface area contributed by atoms with E-state index in [1.807, 2.05) is 18.2 Å². The van der Waals surface area contributed by atoms with Crippen LogP contribution in [0.15, 0.2) is 66.2 Å². The highest BCUT2D eigenvalue weighted by Gasteiger charge is 2.23. The van der Waals surface area contributed by atoms with Crippen LogP contribution in [-0.2, 0) is 6.42 Å². The Morgan fingerprint density at radius 2 is 1.76 bits per heavy atom. The van der Waals surface area contributed by atoms with E-state index in [0.29, 0.717) is 22.0 Å². The molecule has 0 unspecified atom stereocenters. The third-order valence-corrected chi connectivity index (χ3v) is 7.95. The van der Waals surface area contributed by atoms with Gasteiger partial charge in [0, 0.05) is 29.7 Å². The minimum absolute atomic E-state index is 0.267. The standard InChI is InChI=1S/C32H30Cl2FNO2/c33-26-10-12-28(30(34)19-26)29-4-1-3-24-18-25(32(37)38)9-11-27(24)31(29)23-7-5-21(6-8-23)17-22-13-16-36(20-22)15-2-14-35/h5-12,17-19H,1-4,13-16,20H2,(H,37,38). The van der Waals surface area contributed by atoms with Gasteiger partial charge in [-0.15, -0.1) is 0 Å².